The van der Waals surface area contributed by atoms with Gasteiger partial charge in [0.1, 0.15) is 16.3 Å². The molecule has 0 saturated carbocycles. The second-order valence-corrected chi connectivity index (χ2v) is 18.2. The van der Waals surface area contributed by atoms with Crippen LogP contribution in [0.15, 0.2) is 59.1 Å². The fourth-order valence-electron chi connectivity index (χ4n) is 4.21. The van der Waals surface area contributed by atoms with Gasteiger partial charge in [0.25, 0.3) is 0 Å². The topological polar surface area (TPSA) is 74.0 Å². The van der Waals surface area contributed by atoms with E-state index in [4.69, 9.17) is 4.52 Å². The van der Waals surface area contributed by atoms with E-state index in [9.17, 15) is 4.55 Å². The molecule has 0 saturated heterocycles. The van der Waals surface area contributed by atoms with Crippen LogP contribution in [-0.2, 0) is 17.8 Å². The Balaban J connectivity index is 1.85. The van der Waals surface area contributed by atoms with E-state index in [-0.39, 0.29) is 12.2 Å². The van der Waals surface area contributed by atoms with Crippen molar-refractivity contribution in [1.29, 1.82) is 0 Å². The Hall–Kier alpha value is -2.52. The van der Waals surface area contributed by atoms with E-state index in [1.54, 1.807) is 0 Å². The van der Waals surface area contributed by atoms with E-state index in [0.29, 0.717) is 17.0 Å². The highest BCUT2D eigenvalue weighted by molar-refractivity contribution is 7.90. The number of halogens is 1. The van der Waals surface area contributed by atoms with E-state index in [1.807, 2.05) is 82.3 Å². The monoisotopic (exact) mass is 523 g/mol. The summed E-state index contributed by atoms with van der Waals surface area (Å²) in [4.78, 5) is 4.60. The number of pyridine rings is 1. The van der Waals surface area contributed by atoms with E-state index in [1.165, 1.54) is 0 Å². The van der Waals surface area contributed by atoms with Crippen molar-refractivity contribution in [3.63, 3.8) is 0 Å². The highest BCUT2D eigenvalue weighted by atomic mass is 32.2. The maximum Gasteiger partial charge on any atom is 0.167 e. The van der Waals surface area contributed by atoms with Crippen LogP contribution in [0.3, 0.4) is 0 Å². The van der Waals surface area contributed by atoms with Gasteiger partial charge < -0.3 is 9.08 Å². The zero-order valence-electron chi connectivity index (χ0n) is 22.0. The molecule has 5 nitrogen and oxygen atoms in total. The second kappa shape index (κ2) is 10.1. The molecule has 4 rings (SSSR count). The normalized spacial score (nSPS) is 14.2. The molecule has 1 unspecified atom stereocenters. The average molecular weight is 524 g/mol. The fraction of sp³-hybridized carbons (Fsp3) is 0.357. The number of hydrogen-bond acceptors (Lipinski definition) is 5. The van der Waals surface area contributed by atoms with Gasteiger partial charge in [-0.2, -0.15) is 0 Å². The summed E-state index contributed by atoms with van der Waals surface area (Å²) in [6, 6.07) is 16.9. The molecule has 0 aliphatic carbocycles. The first-order valence-electron chi connectivity index (χ1n) is 12.1. The summed E-state index contributed by atoms with van der Waals surface area (Å²) in [6.45, 7) is 14.0. The summed E-state index contributed by atoms with van der Waals surface area (Å²) in [6.07, 6.45) is 0.250. The molecule has 2 heterocycles. The molecule has 0 radical (unpaired) electrons. The standard InChI is InChI=1S/C28H34FN3O2SSi/c1-18-16-25(36(5,6)7)26(29)23(30-18)17-22(32-35(33)28(2,3)4)19-12-8-9-13-20(19)27-21-14-10-11-15-24(21)34-31-27/h8-16,22,32H,17H2,1-7H3/t22-,35?/m0/s1. The lowest BCUT2D eigenvalue weighted by Gasteiger charge is -2.29. The lowest BCUT2D eigenvalue weighted by atomic mass is 9.94. The van der Waals surface area contributed by atoms with Gasteiger partial charge in [0, 0.05) is 34.4 Å². The minimum absolute atomic E-state index is 0.250. The molecule has 0 aliphatic heterocycles. The molecule has 0 bridgehead atoms. The van der Waals surface area contributed by atoms with Crippen LogP contribution in [0.2, 0.25) is 19.6 Å². The van der Waals surface area contributed by atoms with Gasteiger partial charge in [-0.1, -0.05) is 61.2 Å². The first-order valence-corrected chi connectivity index (χ1v) is 16.8. The summed E-state index contributed by atoms with van der Waals surface area (Å²) >= 11 is -1.39. The van der Waals surface area contributed by atoms with Crippen molar-refractivity contribution in [1.82, 2.24) is 14.9 Å². The molecular formula is C28H34FN3O2SSi. The van der Waals surface area contributed by atoms with Crippen molar-refractivity contribution in [3.8, 4) is 11.3 Å². The molecular weight excluding hydrogens is 489 g/mol. The molecule has 4 aromatic rings. The average Bonchev–Trinajstić information content (AvgIpc) is 3.23. The maximum atomic E-state index is 15.8. The van der Waals surface area contributed by atoms with E-state index >= 15 is 4.39 Å². The number of hydrogen-bond donors (Lipinski definition) is 1. The number of aromatic nitrogens is 2. The highest BCUT2D eigenvalue weighted by Crippen LogP contribution is 2.35. The number of rotatable bonds is 7. The number of nitrogens with one attached hydrogen (secondary N) is 1. The Bertz CT molecular complexity index is 1380. The molecule has 36 heavy (non-hydrogen) atoms. The lowest BCUT2D eigenvalue weighted by Crippen LogP contribution is -2.43. The minimum atomic E-state index is -1.94. The zero-order chi connectivity index (χ0) is 26.3. The van der Waals surface area contributed by atoms with Crippen LogP contribution in [-0.4, -0.2) is 27.5 Å². The summed E-state index contributed by atoms with van der Waals surface area (Å²) in [5.41, 5.74) is 4.29. The Morgan fingerprint density at radius 2 is 1.75 bits per heavy atom. The van der Waals surface area contributed by atoms with Crippen LogP contribution in [0.25, 0.3) is 22.2 Å². The molecule has 190 valence electrons. The molecule has 2 aromatic heterocycles. The van der Waals surface area contributed by atoms with Gasteiger partial charge in [-0.3, -0.25) is 4.98 Å². The van der Waals surface area contributed by atoms with Gasteiger partial charge in [-0.25, -0.2) is 4.39 Å². The SMILES string of the molecule is Cc1cc([Si](C)(C)C)c(F)c(C[C@H](N[S+]([O-])C(C)(C)C)c2ccccc2-c2noc3ccccc23)n1. The van der Waals surface area contributed by atoms with Crippen LogP contribution >= 0.6 is 0 Å². The third-order valence-corrected chi connectivity index (χ3v) is 9.72. The third kappa shape index (κ3) is 5.57. The summed E-state index contributed by atoms with van der Waals surface area (Å²) in [5, 5.41) is 6.01. The second-order valence-electron chi connectivity index (χ2n) is 11.2. The quantitative estimate of drug-likeness (QED) is 0.230. The first kappa shape index (κ1) is 26.5. The van der Waals surface area contributed by atoms with Gasteiger partial charge >= 0.3 is 0 Å². The fourth-order valence-corrected chi connectivity index (χ4v) is 6.48. The molecule has 1 N–H and O–H groups in total. The predicted molar refractivity (Wildman–Crippen MR) is 149 cm³/mol. The Labute approximate surface area is 216 Å². The van der Waals surface area contributed by atoms with Gasteiger partial charge in [0.15, 0.2) is 5.58 Å². The Kier molecular flexibility index (Phi) is 7.44. The molecule has 8 heteroatoms. The highest BCUT2D eigenvalue weighted by Gasteiger charge is 2.33. The largest absolute Gasteiger partial charge is 0.598 e. The Morgan fingerprint density at radius 3 is 2.44 bits per heavy atom. The Morgan fingerprint density at radius 1 is 1.08 bits per heavy atom. The van der Waals surface area contributed by atoms with Crippen molar-refractivity contribution in [2.45, 2.75) is 64.5 Å². The van der Waals surface area contributed by atoms with Gasteiger partial charge in [-0.15, -0.1) is 4.72 Å². The van der Waals surface area contributed by atoms with Crippen molar-refractivity contribution in [2.24, 2.45) is 0 Å². The van der Waals surface area contributed by atoms with Gasteiger partial charge in [-0.05, 0) is 56.6 Å². The summed E-state index contributed by atoms with van der Waals surface area (Å²) in [7, 11) is -1.94. The zero-order valence-corrected chi connectivity index (χ0v) is 23.8. The number of para-hydroxylation sites is 1. The summed E-state index contributed by atoms with van der Waals surface area (Å²) in [5.74, 6) is -0.252. The molecule has 2 atom stereocenters. The van der Waals surface area contributed by atoms with E-state index < -0.39 is 30.2 Å². The van der Waals surface area contributed by atoms with Crippen LogP contribution in [0.1, 0.15) is 43.8 Å². The van der Waals surface area contributed by atoms with Crippen LogP contribution in [0, 0.1) is 12.7 Å². The van der Waals surface area contributed by atoms with Gasteiger partial charge in [0.05, 0.1) is 19.8 Å². The molecule has 0 fully saturated rings. The number of aryl methyl sites for hydroxylation is 1. The first-order chi connectivity index (χ1) is 16.9. The maximum absolute atomic E-state index is 15.8. The molecule has 0 spiro atoms. The van der Waals surface area contributed by atoms with Gasteiger partial charge in [0.2, 0.25) is 0 Å². The number of benzene rings is 2. The van der Waals surface area contributed by atoms with E-state index in [0.717, 1.165) is 27.4 Å². The van der Waals surface area contributed by atoms with Crippen LogP contribution in [0.4, 0.5) is 4.39 Å². The molecule has 2 aromatic carbocycles. The molecule has 0 amide bonds. The smallest absolute Gasteiger partial charge is 0.167 e. The van der Waals surface area contributed by atoms with Crippen molar-refractivity contribution in [2.75, 3.05) is 0 Å². The third-order valence-electron chi connectivity index (χ3n) is 6.13. The lowest BCUT2D eigenvalue weighted by molar-refractivity contribution is 0.459. The van der Waals surface area contributed by atoms with Crippen LogP contribution in [0.5, 0.6) is 0 Å². The minimum Gasteiger partial charge on any atom is -0.598 e. The number of nitrogens with zero attached hydrogens (tertiary/aromatic N) is 2. The predicted octanol–water partition coefficient (Wildman–Crippen LogP) is 6.22. The van der Waals surface area contributed by atoms with Crippen LogP contribution < -0.4 is 9.91 Å². The number of fused-ring (bicyclic) bond motifs is 1. The van der Waals surface area contributed by atoms with E-state index in [2.05, 4.69) is 34.5 Å². The van der Waals surface area contributed by atoms with Crippen molar-refractivity contribution in [3.05, 3.63) is 77.4 Å². The van der Waals surface area contributed by atoms with Crippen molar-refractivity contribution < 1.29 is 13.5 Å². The summed E-state index contributed by atoms with van der Waals surface area (Å²) < 4.78 is 37.5. The van der Waals surface area contributed by atoms with Crippen molar-refractivity contribution >= 4 is 35.6 Å². The molecule has 0 aliphatic rings.